The third-order valence-electron chi connectivity index (χ3n) is 4.71. The molecule has 3 saturated heterocycles. The summed E-state index contributed by atoms with van der Waals surface area (Å²) in [4.78, 5) is 0. The lowest BCUT2D eigenvalue weighted by molar-refractivity contribution is -0.147. The highest BCUT2D eigenvalue weighted by molar-refractivity contribution is 4.99. The summed E-state index contributed by atoms with van der Waals surface area (Å²) in [5.74, 6) is 0.366. The number of hydrogen-bond donors (Lipinski definition) is 2. The molecule has 0 bridgehead atoms. The zero-order valence-corrected chi connectivity index (χ0v) is 10.4. The number of rotatable bonds is 1. The van der Waals surface area contributed by atoms with Crippen LogP contribution in [0, 0.1) is 5.92 Å². The molecular formula is C13H23NO3. The Labute approximate surface area is 103 Å². The molecule has 17 heavy (non-hydrogen) atoms. The summed E-state index contributed by atoms with van der Waals surface area (Å²) >= 11 is 0. The van der Waals surface area contributed by atoms with E-state index in [0.29, 0.717) is 12.5 Å². The molecule has 0 amide bonds. The number of ether oxygens (including phenoxy) is 2. The van der Waals surface area contributed by atoms with Gasteiger partial charge in [0.25, 0.3) is 0 Å². The molecule has 3 aliphatic rings. The second-order valence-corrected chi connectivity index (χ2v) is 5.91. The molecule has 4 heteroatoms. The number of nitrogens with one attached hydrogen (secondary N) is 1. The van der Waals surface area contributed by atoms with E-state index in [2.05, 4.69) is 5.32 Å². The van der Waals surface area contributed by atoms with Gasteiger partial charge in [0.2, 0.25) is 0 Å². The second kappa shape index (κ2) is 4.50. The molecule has 3 atom stereocenters. The summed E-state index contributed by atoms with van der Waals surface area (Å²) in [5, 5.41) is 14.1. The Morgan fingerprint density at radius 1 is 1.24 bits per heavy atom. The minimum absolute atomic E-state index is 0.0872. The second-order valence-electron chi connectivity index (χ2n) is 5.91. The molecule has 0 aliphatic carbocycles. The van der Waals surface area contributed by atoms with E-state index in [4.69, 9.17) is 9.47 Å². The van der Waals surface area contributed by atoms with Crippen molar-refractivity contribution in [2.75, 3.05) is 32.9 Å². The third-order valence-corrected chi connectivity index (χ3v) is 4.71. The lowest BCUT2D eigenvalue weighted by atomic mass is 9.72. The molecule has 3 heterocycles. The Morgan fingerprint density at radius 3 is 2.88 bits per heavy atom. The fraction of sp³-hybridized carbons (Fsp3) is 1.00. The van der Waals surface area contributed by atoms with Crippen molar-refractivity contribution in [2.45, 2.75) is 43.3 Å². The molecule has 3 rings (SSSR count). The number of hydrogen-bond acceptors (Lipinski definition) is 4. The van der Waals surface area contributed by atoms with Crippen molar-refractivity contribution in [3.05, 3.63) is 0 Å². The van der Waals surface area contributed by atoms with E-state index in [-0.39, 0.29) is 5.60 Å². The van der Waals surface area contributed by atoms with Crippen molar-refractivity contribution in [2.24, 2.45) is 5.92 Å². The Bertz CT molecular complexity index is 270. The van der Waals surface area contributed by atoms with Crippen LogP contribution in [-0.4, -0.2) is 49.2 Å². The predicted octanol–water partition coefficient (Wildman–Crippen LogP) is 0.687. The highest BCUT2D eigenvalue weighted by Gasteiger charge is 2.47. The largest absolute Gasteiger partial charge is 0.388 e. The lowest BCUT2D eigenvalue weighted by Gasteiger charge is -2.46. The molecule has 2 N–H and O–H groups in total. The van der Waals surface area contributed by atoms with Gasteiger partial charge in [-0.15, -0.1) is 0 Å². The van der Waals surface area contributed by atoms with Gasteiger partial charge in [-0.3, -0.25) is 0 Å². The monoisotopic (exact) mass is 241 g/mol. The third kappa shape index (κ3) is 2.24. The predicted molar refractivity (Wildman–Crippen MR) is 63.9 cm³/mol. The van der Waals surface area contributed by atoms with Gasteiger partial charge in [-0.05, 0) is 38.1 Å². The van der Waals surface area contributed by atoms with Crippen LogP contribution in [0.15, 0.2) is 0 Å². The Kier molecular flexibility index (Phi) is 3.15. The molecule has 1 spiro atoms. The van der Waals surface area contributed by atoms with E-state index in [9.17, 15) is 5.11 Å². The molecule has 0 aromatic rings. The highest BCUT2D eigenvalue weighted by Crippen LogP contribution is 2.41. The molecule has 3 fully saturated rings. The van der Waals surface area contributed by atoms with Crippen molar-refractivity contribution in [1.82, 2.24) is 5.32 Å². The molecular weight excluding hydrogens is 218 g/mol. The summed E-state index contributed by atoms with van der Waals surface area (Å²) in [6, 6.07) is 0. The fourth-order valence-electron chi connectivity index (χ4n) is 3.61. The minimum Gasteiger partial charge on any atom is -0.388 e. The van der Waals surface area contributed by atoms with Crippen LogP contribution in [0.5, 0.6) is 0 Å². The van der Waals surface area contributed by atoms with Crippen LogP contribution in [0.1, 0.15) is 32.1 Å². The minimum atomic E-state index is -0.516. The Hall–Kier alpha value is -0.160. The summed E-state index contributed by atoms with van der Waals surface area (Å²) < 4.78 is 11.4. The van der Waals surface area contributed by atoms with Crippen LogP contribution in [-0.2, 0) is 9.47 Å². The number of aliphatic hydroxyl groups is 1. The van der Waals surface area contributed by atoms with E-state index in [1.165, 1.54) is 0 Å². The molecule has 98 valence electrons. The van der Waals surface area contributed by atoms with Gasteiger partial charge in [0, 0.05) is 26.2 Å². The van der Waals surface area contributed by atoms with Crippen LogP contribution in [0.25, 0.3) is 0 Å². The summed E-state index contributed by atoms with van der Waals surface area (Å²) in [6.45, 7) is 4.08. The first kappa shape index (κ1) is 11.9. The molecule has 4 nitrogen and oxygen atoms in total. The van der Waals surface area contributed by atoms with Gasteiger partial charge in [0.15, 0.2) is 0 Å². The van der Waals surface area contributed by atoms with Crippen molar-refractivity contribution < 1.29 is 14.6 Å². The topological polar surface area (TPSA) is 50.7 Å². The molecule has 0 aromatic heterocycles. The Balaban J connectivity index is 1.70. The summed E-state index contributed by atoms with van der Waals surface area (Å²) in [6.07, 6.45) is 4.96. The quantitative estimate of drug-likeness (QED) is 0.709. The van der Waals surface area contributed by atoms with Gasteiger partial charge < -0.3 is 19.9 Å². The summed E-state index contributed by atoms with van der Waals surface area (Å²) in [5.41, 5.74) is -0.603. The van der Waals surface area contributed by atoms with E-state index >= 15 is 0 Å². The zero-order valence-electron chi connectivity index (χ0n) is 10.4. The van der Waals surface area contributed by atoms with E-state index in [1.807, 2.05) is 0 Å². The average Bonchev–Trinajstić information content (AvgIpc) is 2.78. The first-order valence-electron chi connectivity index (χ1n) is 6.87. The first-order chi connectivity index (χ1) is 8.23. The highest BCUT2D eigenvalue weighted by atomic mass is 16.6. The van der Waals surface area contributed by atoms with Gasteiger partial charge in [-0.2, -0.15) is 0 Å². The van der Waals surface area contributed by atoms with Crippen molar-refractivity contribution in [3.63, 3.8) is 0 Å². The van der Waals surface area contributed by atoms with Gasteiger partial charge in [0.1, 0.15) is 0 Å². The molecule has 0 radical (unpaired) electrons. The van der Waals surface area contributed by atoms with Gasteiger partial charge >= 0.3 is 0 Å². The van der Waals surface area contributed by atoms with Crippen LogP contribution in [0.3, 0.4) is 0 Å². The normalized spacial score (nSPS) is 47.5. The van der Waals surface area contributed by atoms with Crippen molar-refractivity contribution in [3.8, 4) is 0 Å². The first-order valence-corrected chi connectivity index (χ1v) is 6.87. The van der Waals surface area contributed by atoms with E-state index in [0.717, 1.165) is 58.4 Å². The average molecular weight is 241 g/mol. The standard InChI is InChI=1S/C13H23NO3/c15-13(3-1-5-14-9-13)11-2-6-17-12(8-11)4-7-16-10-12/h11,14-15H,1-10H2. The smallest absolute Gasteiger partial charge is 0.0940 e. The number of piperidine rings is 1. The molecule has 3 aliphatic heterocycles. The molecule has 3 unspecified atom stereocenters. The van der Waals surface area contributed by atoms with Crippen LogP contribution in [0.2, 0.25) is 0 Å². The zero-order chi connectivity index (χ0) is 11.8. The van der Waals surface area contributed by atoms with Gasteiger partial charge in [0.05, 0.1) is 17.8 Å². The maximum absolute atomic E-state index is 10.8. The van der Waals surface area contributed by atoms with Crippen molar-refractivity contribution in [1.29, 1.82) is 0 Å². The van der Waals surface area contributed by atoms with E-state index in [1.54, 1.807) is 0 Å². The van der Waals surface area contributed by atoms with Gasteiger partial charge in [-0.25, -0.2) is 0 Å². The van der Waals surface area contributed by atoms with Crippen LogP contribution in [0.4, 0.5) is 0 Å². The Morgan fingerprint density at radius 2 is 2.18 bits per heavy atom. The fourth-order valence-corrected chi connectivity index (χ4v) is 3.61. The molecule has 0 aromatic carbocycles. The number of β-amino-alcohol motifs (C(OH)–C–C–N with tert-alkyl or cyclic N) is 1. The van der Waals surface area contributed by atoms with Crippen LogP contribution < -0.4 is 5.32 Å². The maximum Gasteiger partial charge on any atom is 0.0940 e. The lowest BCUT2D eigenvalue weighted by Crippen LogP contribution is -2.55. The molecule has 0 saturated carbocycles. The van der Waals surface area contributed by atoms with Crippen molar-refractivity contribution >= 4 is 0 Å². The van der Waals surface area contributed by atoms with E-state index < -0.39 is 5.60 Å². The van der Waals surface area contributed by atoms with Gasteiger partial charge in [-0.1, -0.05) is 0 Å². The summed E-state index contributed by atoms with van der Waals surface area (Å²) in [7, 11) is 0. The van der Waals surface area contributed by atoms with Crippen LogP contribution >= 0.6 is 0 Å². The SMILES string of the molecule is OC1(C2CCOC3(CCOC3)C2)CCCNC1. The maximum atomic E-state index is 10.8.